The van der Waals surface area contributed by atoms with Gasteiger partial charge in [0.2, 0.25) is 0 Å². The Morgan fingerprint density at radius 3 is 2.45 bits per heavy atom. The van der Waals surface area contributed by atoms with Gasteiger partial charge < -0.3 is 5.73 Å². The summed E-state index contributed by atoms with van der Waals surface area (Å²) in [7, 11) is 0. The minimum Gasteiger partial charge on any atom is -0.325 e. The first-order chi connectivity index (χ1) is 5.08. The largest absolute Gasteiger partial charge is 0.325 e. The van der Waals surface area contributed by atoms with Gasteiger partial charge in [-0.3, -0.25) is 0 Å². The molecule has 1 aliphatic carbocycles. The SMILES string of the molecule is CC(C)(N)CSCC1CCC1. The van der Waals surface area contributed by atoms with Gasteiger partial charge in [0.25, 0.3) is 0 Å². The van der Waals surface area contributed by atoms with Crippen LogP contribution in [0, 0.1) is 5.92 Å². The number of hydrogen-bond donors (Lipinski definition) is 1. The highest BCUT2D eigenvalue weighted by Gasteiger charge is 2.18. The third-order valence-corrected chi connectivity index (χ3v) is 3.71. The van der Waals surface area contributed by atoms with Crippen molar-refractivity contribution < 1.29 is 0 Å². The lowest BCUT2D eigenvalue weighted by Crippen LogP contribution is -2.35. The summed E-state index contributed by atoms with van der Waals surface area (Å²) in [5.74, 6) is 3.45. The van der Waals surface area contributed by atoms with E-state index >= 15 is 0 Å². The average Bonchev–Trinajstić information content (AvgIpc) is 1.73. The number of hydrogen-bond acceptors (Lipinski definition) is 2. The lowest BCUT2D eigenvalue weighted by Gasteiger charge is -2.26. The quantitative estimate of drug-likeness (QED) is 0.705. The summed E-state index contributed by atoms with van der Waals surface area (Å²) < 4.78 is 0. The highest BCUT2D eigenvalue weighted by molar-refractivity contribution is 7.99. The third kappa shape index (κ3) is 4.02. The Hall–Kier alpha value is 0.310. The molecule has 11 heavy (non-hydrogen) atoms. The van der Waals surface area contributed by atoms with E-state index in [2.05, 4.69) is 13.8 Å². The molecule has 0 aliphatic heterocycles. The zero-order valence-corrected chi connectivity index (χ0v) is 8.41. The molecule has 1 rings (SSSR count). The molecule has 0 aromatic rings. The van der Waals surface area contributed by atoms with Gasteiger partial charge in [0.15, 0.2) is 0 Å². The van der Waals surface area contributed by atoms with Crippen LogP contribution in [0.25, 0.3) is 0 Å². The first-order valence-corrected chi connectivity index (χ1v) is 5.60. The predicted molar refractivity (Wildman–Crippen MR) is 52.9 cm³/mol. The van der Waals surface area contributed by atoms with E-state index in [1.165, 1.54) is 25.0 Å². The zero-order valence-electron chi connectivity index (χ0n) is 7.60. The molecule has 0 radical (unpaired) electrons. The molecule has 1 saturated carbocycles. The van der Waals surface area contributed by atoms with Crippen LogP contribution in [-0.2, 0) is 0 Å². The van der Waals surface area contributed by atoms with Gasteiger partial charge in [0.05, 0.1) is 0 Å². The molecule has 2 N–H and O–H groups in total. The highest BCUT2D eigenvalue weighted by atomic mass is 32.2. The van der Waals surface area contributed by atoms with Crippen molar-refractivity contribution >= 4 is 11.8 Å². The molecule has 0 unspecified atom stereocenters. The van der Waals surface area contributed by atoms with Crippen LogP contribution in [-0.4, -0.2) is 17.0 Å². The van der Waals surface area contributed by atoms with E-state index < -0.39 is 0 Å². The summed E-state index contributed by atoms with van der Waals surface area (Å²) in [6.45, 7) is 4.20. The van der Waals surface area contributed by atoms with Crippen molar-refractivity contribution in [2.45, 2.75) is 38.6 Å². The summed E-state index contributed by atoms with van der Waals surface area (Å²) in [6.07, 6.45) is 4.37. The molecule has 0 heterocycles. The summed E-state index contributed by atoms with van der Waals surface area (Å²) in [6, 6.07) is 0. The second-order valence-electron chi connectivity index (χ2n) is 4.30. The Balaban J connectivity index is 1.95. The van der Waals surface area contributed by atoms with Crippen molar-refractivity contribution in [3.8, 4) is 0 Å². The molecular weight excluding hydrogens is 154 g/mol. The number of nitrogens with two attached hydrogens (primary N) is 1. The van der Waals surface area contributed by atoms with Crippen LogP contribution >= 0.6 is 11.8 Å². The van der Waals surface area contributed by atoms with Crippen LogP contribution in [0.3, 0.4) is 0 Å². The van der Waals surface area contributed by atoms with E-state index in [0.717, 1.165) is 11.7 Å². The molecule has 0 spiro atoms. The maximum Gasteiger partial charge on any atom is 0.0188 e. The highest BCUT2D eigenvalue weighted by Crippen LogP contribution is 2.30. The Morgan fingerprint density at radius 2 is 2.09 bits per heavy atom. The van der Waals surface area contributed by atoms with Crippen molar-refractivity contribution in [2.75, 3.05) is 11.5 Å². The van der Waals surface area contributed by atoms with Crippen LogP contribution < -0.4 is 5.73 Å². The molecule has 0 aromatic heterocycles. The van der Waals surface area contributed by atoms with Gasteiger partial charge in [-0.05, 0) is 38.4 Å². The van der Waals surface area contributed by atoms with Gasteiger partial charge in [0.1, 0.15) is 0 Å². The molecule has 66 valence electrons. The van der Waals surface area contributed by atoms with Crippen LogP contribution in [0.15, 0.2) is 0 Å². The van der Waals surface area contributed by atoms with E-state index in [-0.39, 0.29) is 5.54 Å². The Morgan fingerprint density at radius 1 is 1.45 bits per heavy atom. The number of rotatable bonds is 4. The first kappa shape index (κ1) is 9.40. The van der Waals surface area contributed by atoms with Crippen molar-refractivity contribution in [2.24, 2.45) is 11.7 Å². The standard InChI is InChI=1S/C9H19NS/c1-9(2,10)7-11-6-8-4-3-5-8/h8H,3-7,10H2,1-2H3. The van der Waals surface area contributed by atoms with Gasteiger partial charge in [-0.2, -0.15) is 11.8 Å². The fraction of sp³-hybridized carbons (Fsp3) is 1.00. The summed E-state index contributed by atoms with van der Waals surface area (Å²) in [5, 5.41) is 0. The van der Waals surface area contributed by atoms with Gasteiger partial charge >= 0.3 is 0 Å². The number of thioether (sulfide) groups is 1. The maximum absolute atomic E-state index is 5.86. The molecule has 1 aliphatic rings. The monoisotopic (exact) mass is 173 g/mol. The van der Waals surface area contributed by atoms with E-state index in [4.69, 9.17) is 5.73 Å². The average molecular weight is 173 g/mol. The van der Waals surface area contributed by atoms with Gasteiger partial charge in [-0.1, -0.05) is 6.42 Å². The Labute approximate surface area is 74.1 Å². The second-order valence-corrected chi connectivity index (χ2v) is 5.33. The van der Waals surface area contributed by atoms with Gasteiger partial charge in [-0.25, -0.2) is 0 Å². The Kier molecular flexibility index (Phi) is 3.26. The summed E-state index contributed by atoms with van der Waals surface area (Å²) in [4.78, 5) is 0. The van der Waals surface area contributed by atoms with Gasteiger partial charge in [0, 0.05) is 11.3 Å². The van der Waals surface area contributed by atoms with E-state index in [0.29, 0.717) is 0 Å². The molecule has 0 bridgehead atoms. The van der Waals surface area contributed by atoms with Crippen molar-refractivity contribution in [1.82, 2.24) is 0 Å². The zero-order chi connectivity index (χ0) is 8.32. The molecule has 0 atom stereocenters. The van der Waals surface area contributed by atoms with E-state index in [1.54, 1.807) is 0 Å². The lowest BCUT2D eigenvalue weighted by atomic mass is 9.87. The topological polar surface area (TPSA) is 26.0 Å². The van der Waals surface area contributed by atoms with Crippen LogP contribution in [0.4, 0.5) is 0 Å². The minimum atomic E-state index is 0.0222. The fourth-order valence-corrected chi connectivity index (χ4v) is 2.46. The molecule has 0 aromatic carbocycles. The molecule has 1 nitrogen and oxygen atoms in total. The van der Waals surface area contributed by atoms with Crippen molar-refractivity contribution in [3.05, 3.63) is 0 Å². The summed E-state index contributed by atoms with van der Waals surface area (Å²) >= 11 is 2.02. The molecular formula is C9H19NS. The molecule has 0 amide bonds. The van der Waals surface area contributed by atoms with Crippen LogP contribution in [0.2, 0.25) is 0 Å². The molecule has 1 fully saturated rings. The van der Waals surface area contributed by atoms with Crippen molar-refractivity contribution in [1.29, 1.82) is 0 Å². The smallest absolute Gasteiger partial charge is 0.0188 e. The van der Waals surface area contributed by atoms with E-state index in [1.807, 2.05) is 11.8 Å². The minimum absolute atomic E-state index is 0.0222. The van der Waals surface area contributed by atoms with Gasteiger partial charge in [-0.15, -0.1) is 0 Å². The Bertz CT molecular complexity index is 113. The van der Waals surface area contributed by atoms with E-state index in [9.17, 15) is 0 Å². The van der Waals surface area contributed by atoms with Crippen LogP contribution in [0.5, 0.6) is 0 Å². The van der Waals surface area contributed by atoms with Crippen LogP contribution in [0.1, 0.15) is 33.1 Å². The third-order valence-electron chi connectivity index (χ3n) is 2.05. The maximum atomic E-state index is 5.86. The molecule has 2 heteroatoms. The fourth-order valence-electron chi connectivity index (χ4n) is 1.15. The predicted octanol–water partition coefficient (Wildman–Crippen LogP) is 2.26. The lowest BCUT2D eigenvalue weighted by molar-refractivity contribution is 0.353. The molecule has 0 saturated heterocycles. The first-order valence-electron chi connectivity index (χ1n) is 4.44. The van der Waals surface area contributed by atoms with Crippen molar-refractivity contribution in [3.63, 3.8) is 0 Å². The normalized spacial score (nSPS) is 19.9. The second kappa shape index (κ2) is 3.81. The summed E-state index contributed by atoms with van der Waals surface area (Å²) in [5.41, 5.74) is 5.88.